The van der Waals surface area contributed by atoms with Gasteiger partial charge in [0.05, 0.1) is 5.69 Å². The first-order valence-corrected chi connectivity index (χ1v) is 10.8. The molecule has 0 spiro atoms. The highest BCUT2D eigenvalue weighted by Gasteiger charge is 2.21. The molecule has 1 N–H and O–H groups in total. The van der Waals surface area contributed by atoms with E-state index in [2.05, 4.69) is 10.3 Å². The van der Waals surface area contributed by atoms with Crippen LogP contribution in [0.5, 0.6) is 0 Å². The van der Waals surface area contributed by atoms with E-state index in [9.17, 15) is 9.59 Å². The molecule has 2 amide bonds. The Morgan fingerprint density at radius 3 is 2.63 bits per heavy atom. The van der Waals surface area contributed by atoms with Gasteiger partial charge in [0.2, 0.25) is 5.91 Å². The van der Waals surface area contributed by atoms with E-state index in [0.29, 0.717) is 18.7 Å². The summed E-state index contributed by atoms with van der Waals surface area (Å²) < 4.78 is 1.84. The Kier molecular flexibility index (Phi) is 4.80. The van der Waals surface area contributed by atoms with Crippen molar-refractivity contribution in [1.29, 1.82) is 0 Å². The van der Waals surface area contributed by atoms with Gasteiger partial charge in [-0.25, -0.2) is 4.98 Å². The average Bonchev–Trinajstić information content (AvgIpc) is 3.49. The molecular weight excluding hydrogens is 396 g/mol. The number of carbonyl (C=O) groups is 2. The average molecular weight is 417 g/mol. The summed E-state index contributed by atoms with van der Waals surface area (Å²) in [5, 5.41) is 4.81. The molecule has 3 heterocycles. The number of imidazole rings is 1. The lowest BCUT2D eigenvalue weighted by Gasteiger charge is -2.16. The fourth-order valence-electron chi connectivity index (χ4n) is 3.68. The number of nitrogens with zero attached hydrogens (tertiary/aromatic N) is 3. The van der Waals surface area contributed by atoms with Crippen molar-refractivity contribution in [1.82, 2.24) is 14.7 Å². The Balaban J connectivity index is 1.28. The first-order valence-electron chi connectivity index (χ1n) is 9.88. The molecule has 0 bridgehead atoms. The van der Waals surface area contributed by atoms with Gasteiger partial charge in [0.25, 0.3) is 5.91 Å². The molecule has 1 aliphatic rings. The van der Waals surface area contributed by atoms with Crippen LogP contribution in [0.1, 0.15) is 28.9 Å². The van der Waals surface area contributed by atoms with Crippen molar-refractivity contribution in [2.75, 3.05) is 11.4 Å². The maximum absolute atomic E-state index is 12.8. The molecule has 1 fully saturated rings. The van der Waals surface area contributed by atoms with E-state index < -0.39 is 0 Å². The highest BCUT2D eigenvalue weighted by atomic mass is 32.1. The molecule has 0 saturated carbocycles. The van der Waals surface area contributed by atoms with Crippen LogP contribution in [0.3, 0.4) is 0 Å². The Labute approximate surface area is 177 Å². The monoisotopic (exact) mass is 416 g/mol. The second-order valence-corrected chi connectivity index (χ2v) is 8.10. The summed E-state index contributed by atoms with van der Waals surface area (Å²) in [6, 6.07) is 17.7. The van der Waals surface area contributed by atoms with Gasteiger partial charge in [-0.05, 0) is 24.1 Å². The van der Waals surface area contributed by atoms with E-state index in [1.54, 1.807) is 0 Å². The second-order valence-electron chi connectivity index (χ2n) is 7.26. The molecule has 150 valence electrons. The van der Waals surface area contributed by atoms with Crippen LogP contribution in [-0.2, 0) is 11.3 Å². The van der Waals surface area contributed by atoms with Crippen molar-refractivity contribution in [3.05, 3.63) is 77.4 Å². The molecule has 6 nitrogen and oxygen atoms in total. The maximum atomic E-state index is 12.8. The van der Waals surface area contributed by atoms with Crippen LogP contribution in [0.25, 0.3) is 16.2 Å². The predicted octanol–water partition coefficient (Wildman–Crippen LogP) is 4.12. The topological polar surface area (TPSA) is 66.7 Å². The van der Waals surface area contributed by atoms with Crippen LogP contribution in [0.4, 0.5) is 5.69 Å². The number of fused-ring (bicyclic) bond motifs is 1. The molecule has 1 saturated heterocycles. The Morgan fingerprint density at radius 2 is 1.90 bits per heavy atom. The molecule has 2 aromatic carbocycles. The third-order valence-corrected chi connectivity index (χ3v) is 6.13. The summed E-state index contributed by atoms with van der Waals surface area (Å²) in [6.45, 7) is 1.20. The third kappa shape index (κ3) is 3.48. The summed E-state index contributed by atoms with van der Waals surface area (Å²) in [6.07, 6.45) is 3.43. The van der Waals surface area contributed by atoms with Crippen molar-refractivity contribution in [3.63, 3.8) is 0 Å². The number of anilines is 1. The van der Waals surface area contributed by atoms with Crippen molar-refractivity contribution in [2.45, 2.75) is 19.4 Å². The molecule has 30 heavy (non-hydrogen) atoms. The minimum Gasteiger partial charge on any atom is -0.347 e. The minimum atomic E-state index is -0.142. The SMILES string of the molecule is O=C(NCc1ccc(N2CCCC2=O)cc1)c1csc2nc(-c3ccccc3)cn12. The Hall–Kier alpha value is -3.45. The van der Waals surface area contributed by atoms with Crippen LogP contribution in [0, 0.1) is 0 Å². The molecule has 5 rings (SSSR count). The third-order valence-electron chi connectivity index (χ3n) is 5.29. The molecule has 0 atom stereocenters. The van der Waals surface area contributed by atoms with Crippen LogP contribution in [-0.4, -0.2) is 27.7 Å². The van der Waals surface area contributed by atoms with Gasteiger partial charge in [0, 0.05) is 42.3 Å². The number of aromatic nitrogens is 2. The summed E-state index contributed by atoms with van der Waals surface area (Å²) in [7, 11) is 0. The number of hydrogen-bond acceptors (Lipinski definition) is 4. The van der Waals surface area contributed by atoms with Crippen molar-refractivity contribution in [2.24, 2.45) is 0 Å². The molecule has 0 aliphatic carbocycles. The number of hydrogen-bond donors (Lipinski definition) is 1. The highest BCUT2D eigenvalue weighted by molar-refractivity contribution is 7.15. The first kappa shape index (κ1) is 18.6. The van der Waals surface area contributed by atoms with Crippen molar-refractivity contribution >= 4 is 33.8 Å². The maximum Gasteiger partial charge on any atom is 0.269 e. The number of nitrogens with one attached hydrogen (secondary N) is 1. The van der Waals surface area contributed by atoms with Crippen molar-refractivity contribution in [3.8, 4) is 11.3 Å². The zero-order valence-electron chi connectivity index (χ0n) is 16.2. The van der Waals surface area contributed by atoms with Gasteiger partial charge in [0.15, 0.2) is 4.96 Å². The quantitative estimate of drug-likeness (QED) is 0.532. The summed E-state index contributed by atoms with van der Waals surface area (Å²) in [4.78, 5) is 31.9. The molecule has 4 aromatic rings. The van der Waals surface area contributed by atoms with E-state index in [0.717, 1.165) is 40.4 Å². The van der Waals surface area contributed by atoms with Gasteiger partial charge in [-0.3, -0.25) is 14.0 Å². The predicted molar refractivity (Wildman–Crippen MR) is 118 cm³/mol. The molecule has 0 unspecified atom stereocenters. The lowest BCUT2D eigenvalue weighted by molar-refractivity contribution is -0.117. The number of benzene rings is 2. The first-order chi connectivity index (χ1) is 14.7. The largest absolute Gasteiger partial charge is 0.347 e. The number of thiazole rings is 1. The minimum absolute atomic E-state index is 0.142. The van der Waals surface area contributed by atoms with Gasteiger partial charge in [-0.15, -0.1) is 11.3 Å². The number of carbonyl (C=O) groups excluding carboxylic acids is 2. The van der Waals surface area contributed by atoms with Crippen LogP contribution < -0.4 is 10.2 Å². The normalized spacial score (nSPS) is 13.9. The van der Waals surface area contributed by atoms with Gasteiger partial charge in [-0.2, -0.15) is 0 Å². The highest BCUT2D eigenvalue weighted by Crippen LogP contribution is 2.24. The lowest BCUT2D eigenvalue weighted by atomic mass is 10.2. The Bertz CT molecular complexity index is 1210. The molecule has 7 heteroatoms. The van der Waals surface area contributed by atoms with E-state index in [4.69, 9.17) is 0 Å². The van der Waals surface area contributed by atoms with Crippen LogP contribution in [0.15, 0.2) is 66.2 Å². The molecular formula is C23H20N4O2S. The fraction of sp³-hybridized carbons (Fsp3) is 0.174. The van der Waals surface area contributed by atoms with Gasteiger partial charge in [0.1, 0.15) is 5.69 Å². The second kappa shape index (κ2) is 7.76. The fourth-order valence-corrected chi connectivity index (χ4v) is 4.54. The number of amides is 2. The number of rotatable bonds is 5. The van der Waals surface area contributed by atoms with Gasteiger partial charge < -0.3 is 10.2 Å². The van der Waals surface area contributed by atoms with E-state index in [1.807, 2.05) is 75.5 Å². The van der Waals surface area contributed by atoms with E-state index >= 15 is 0 Å². The van der Waals surface area contributed by atoms with Gasteiger partial charge >= 0.3 is 0 Å². The van der Waals surface area contributed by atoms with Crippen LogP contribution >= 0.6 is 11.3 Å². The Morgan fingerprint density at radius 1 is 1.10 bits per heavy atom. The van der Waals surface area contributed by atoms with Gasteiger partial charge in [-0.1, -0.05) is 42.5 Å². The summed E-state index contributed by atoms with van der Waals surface area (Å²) in [5.41, 5.74) is 4.35. The zero-order chi connectivity index (χ0) is 20.5. The zero-order valence-corrected chi connectivity index (χ0v) is 17.1. The summed E-state index contributed by atoms with van der Waals surface area (Å²) >= 11 is 1.45. The lowest BCUT2D eigenvalue weighted by Crippen LogP contribution is -2.25. The van der Waals surface area contributed by atoms with Crippen molar-refractivity contribution < 1.29 is 9.59 Å². The smallest absolute Gasteiger partial charge is 0.269 e. The standard InChI is InChI=1S/C23H20N4O2S/c28-21-7-4-12-26(21)18-10-8-16(9-11-18)13-24-22(29)20-15-30-23-25-19(14-27(20)23)17-5-2-1-3-6-17/h1-3,5-6,8-11,14-15H,4,7,12-13H2,(H,24,29). The van der Waals surface area contributed by atoms with Crippen LogP contribution in [0.2, 0.25) is 0 Å². The summed E-state index contributed by atoms with van der Waals surface area (Å²) in [5.74, 6) is 0.0322. The molecule has 0 radical (unpaired) electrons. The van der Waals surface area contributed by atoms with E-state index in [1.165, 1.54) is 11.3 Å². The molecule has 1 aliphatic heterocycles. The molecule has 2 aromatic heterocycles. The van der Waals surface area contributed by atoms with E-state index in [-0.39, 0.29) is 11.8 Å².